The zero-order chi connectivity index (χ0) is 15.0. The van der Waals surface area contributed by atoms with E-state index in [2.05, 4.69) is 11.2 Å². The standard InChI is InChI=1S/C15H19N5S/c1-9-7-13(20(2)19-9)21-15-11(14(16)17)8-10-5-3-4-6-12(10)18-15/h7-8H,3-6H2,1-2H3,(H3,16,17). The number of pyridine rings is 1. The summed E-state index contributed by atoms with van der Waals surface area (Å²) in [6.07, 6.45) is 4.44. The van der Waals surface area contributed by atoms with E-state index < -0.39 is 0 Å². The normalized spacial score (nSPS) is 14.0. The van der Waals surface area contributed by atoms with Crippen LogP contribution >= 0.6 is 11.8 Å². The van der Waals surface area contributed by atoms with Crippen LogP contribution in [0.3, 0.4) is 0 Å². The number of aryl methyl sites for hydroxylation is 4. The van der Waals surface area contributed by atoms with Crippen LogP contribution in [0.5, 0.6) is 0 Å². The first kappa shape index (κ1) is 14.1. The van der Waals surface area contributed by atoms with E-state index in [1.807, 2.05) is 24.7 Å². The van der Waals surface area contributed by atoms with Crippen molar-refractivity contribution >= 4 is 17.6 Å². The minimum atomic E-state index is 0.0808. The highest BCUT2D eigenvalue weighted by Crippen LogP contribution is 2.32. The molecule has 0 saturated heterocycles. The van der Waals surface area contributed by atoms with Crippen molar-refractivity contribution in [3.05, 3.63) is 34.6 Å². The SMILES string of the molecule is Cc1cc(Sc2nc3c(cc2C(=N)N)CCCC3)n(C)n1. The zero-order valence-corrected chi connectivity index (χ0v) is 13.1. The van der Waals surface area contributed by atoms with Crippen molar-refractivity contribution in [2.24, 2.45) is 12.8 Å². The molecule has 0 radical (unpaired) electrons. The second-order valence-corrected chi connectivity index (χ2v) is 6.43. The summed E-state index contributed by atoms with van der Waals surface area (Å²) in [6.45, 7) is 1.97. The monoisotopic (exact) mass is 301 g/mol. The third kappa shape index (κ3) is 2.81. The van der Waals surface area contributed by atoms with Gasteiger partial charge in [0.25, 0.3) is 0 Å². The summed E-state index contributed by atoms with van der Waals surface area (Å²) < 4.78 is 1.84. The lowest BCUT2D eigenvalue weighted by atomic mass is 9.95. The van der Waals surface area contributed by atoms with Crippen LogP contribution in [-0.4, -0.2) is 20.6 Å². The third-order valence-electron chi connectivity index (χ3n) is 3.72. The maximum absolute atomic E-state index is 7.82. The lowest BCUT2D eigenvalue weighted by Gasteiger charge is -2.18. The number of fused-ring (bicyclic) bond motifs is 1. The smallest absolute Gasteiger partial charge is 0.125 e. The fourth-order valence-corrected chi connectivity index (χ4v) is 3.70. The quantitative estimate of drug-likeness (QED) is 0.674. The van der Waals surface area contributed by atoms with E-state index in [0.717, 1.165) is 39.8 Å². The summed E-state index contributed by atoms with van der Waals surface area (Å²) in [4.78, 5) is 4.78. The Morgan fingerprint density at radius 2 is 2.10 bits per heavy atom. The van der Waals surface area contributed by atoms with Crippen molar-refractivity contribution in [3.8, 4) is 0 Å². The van der Waals surface area contributed by atoms with Crippen LogP contribution in [0.25, 0.3) is 0 Å². The molecule has 110 valence electrons. The Morgan fingerprint density at radius 3 is 2.76 bits per heavy atom. The molecule has 0 amide bonds. The van der Waals surface area contributed by atoms with E-state index in [0.29, 0.717) is 0 Å². The van der Waals surface area contributed by atoms with Gasteiger partial charge in [-0.15, -0.1) is 0 Å². The van der Waals surface area contributed by atoms with Gasteiger partial charge < -0.3 is 5.73 Å². The van der Waals surface area contributed by atoms with Gasteiger partial charge in [-0.25, -0.2) is 4.98 Å². The second kappa shape index (κ2) is 5.52. The highest BCUT2D eigenvalue weighted by atomic mass is 32.2. The molecule has 1 aliphatic rings. The number of hydrogen-bond acceptors (Lipinski definition) is 4. The minimum Gasteiger partial charge on any atom is -0.384 e. The Kier molecular flexibility index (Phi) is 3.71. The number of amidine groups is 1. The Labute approximate surface area is 128 Å². The topological polar surface area (TPSA) is 80.6 Å². The Hall–Kier alpha value is -1.82. The molecule has 0 aromatic carbocycles. The van der Waals surface area contributed by atoms with Gasteiger partial charge in [-0.1, -0.05) is 0 Å². The molecular formula is C15H19N5S. The summed E-state index contributed by atoms with van der Waals surface area (Å²) in [5.74, 6) is 0.0808. The number of nitrogen functional groups attached to an aromatic ring is 1. The summed E-state index contributed by atoms with van der Waals surface area (Å²) in [7, 11) is 1.92. The van der Waals surface area contributed by atoms with Gasteiger partial charge in [0, 0.05) is 18.3 Å². The molecule has 6 heteroatoms. The lowest BCUT2D eigenvalue weighted by Crippen LogP contribution is -2.16. The van der Waals surface area contributed by atoms with Crippen molar-refractivity contribution in [2.45, 2.75) is 42.7 Å². The van der Waals surface area contributed by atoms with Crippen molar-refractivity contribution in [3.63, 3.8) is 0 Å². The first-order valence-corrected chi connectivity index (χ1v) is 7.92. The summed E-state index contributed by atoms with van der Waals surface area (Å²) in [6, 6.07) is 4.07. The predicted octanol–water partition coefficient (Wildman–Crippen LogP) is 2.44. The summed E-state index contributed by atoms with van der Waals surface area (Å²) in [5.41, 5.74) is 9.87. The number of rotatable bonds is 3. The van der Waals surface area contributed by atoms with Crippen LogP contribution in [0, 0.1) is 12.3 Å². The van der Waals surface area contributed by atoms with Gasteiger partial charge in [0.15, 0.2) is 0 Å². The summed E-state index contributed by atoms with van der Waals surface area (Å²) >= 11 is 1.53. The van der Waals surface area contributed by atoms with Crippen LogP contribution in [-0.2, 0) is 19.9 Å². The molecule has 0 spiro atoms. The number of aromatic nitrogens is 3. The molecule has 2 aromatic heterocycles. The Balaban J connectivity index is 2.03. The van der Waals surface area contributed by atoms with Gasteiger partial charge in [0.2, 0.25) is 0 Å². The lowest BCUT2D eigenvalue weighted by molar-refractivity contribution is 0.659. The molecule has 5 nitrogen and oxygen atoms in total. The predicted molar refractivity (Wildman–Crippen MR) is 84.0 cm³/mol. The van der Waals surface area contributed by atoms with E-state index in [4.69, 9.17) is 16.1 Å². The molecule has 2 aromatic rings. The number of nitrogens with two attached hydrogens (primary N) is 1. The van der Waals surface area contributed by atoms with Crippen LogP contribution in [0.1, 0.15) is 35.4 Å². The van der Waals surface area contributed by atoms with Gasteiger partial charge in [-0.3, -0.25) is 10.1 Å². The average molecular weight is 301 g/mol. The van der Waals surface area contributed by atoms with Crippen molar-refractivity contribution < 1.29 is 0 Å². The number of nitrogens with one attached hydrogen (secondary N) is 1. The maximum Gasteiger partial charge on any atom is 0.125 e. The van der Waals surface area contributed by atoms with Gasteiger partial charge in [0.1, 0.15) is 15.9 Å². The van der Waals surface area contributed by atoms with Crippen LogP contribution in [0.4, 0.5) is 0 Å². The molecule has 2 heterocycles. The molecule has 21 heavy (non-hydrogen) atoms. The highest BCUT2D eigenvalue weighted by Gasteiger charge is 2.18. The Morgan fingerprint density at radius 1 is 1.33 bits per heavy atom. The number of hydrogen-bond donors (Lipinski definition) is 2. The molecule has 0 atom stereocenters. The Bertz CT molecular complexity index is 704. The van der Waals surface area contributed by atoms with E-state index in [1.165, 1.54) is 30.2 Å². The average Bonchev–Trinajstić information content (AvgIpc) is 2.76. The number of nitrogens with zero attached hydrogens (tertiary/aromatic N) is 3. The molecule has 3 rings (SSSR count). The third-order valence-corrected chi connectivity index (χ3v) is 4.81. The van der Waals surface area contributed by atoms with E-state index >= 15 is 0 Å². The highest BCUT2D eigenvalue weighted by molar-refractivity contribution is 7.99. The van der Waals surface area contributed by atoms with Gasteiger partial charge in [0.05, 0.1) is 5.69 Å². The minimum absolute atomic E-state index is 0.0808. The molecule has 3 N–H and O–H groups in total. The van der Waals surface area contributed by atoms with Gasteiger partial charge in [-0.05, 0) is 62.1 Å². The van der Waals surface area contributed by atoms with E-state index in [-0.39, 0.29) is 5.84 Å². The summed E-state index contributed by atoms with van der Waals surface area (Å²) in [5, 5.41) is 14.0. The molecule has 0 unspecified atom stereocenters. The molecule has 0 saturated carbocycles. The molecular weight excluding hydrogens is 282 g/mol. The molecule has 0 fully saturated rings. The molecule has 0 bridgehead atoms. The fraction of sp³-hybridized carbons (Fsp3) is 0.400. The zero-order valence-electron chi connectivity index (χ0n) is 12.3. The molecule has 1 aliphatic carbocycles. The van der Waals surface area contributed by atoms with Gasteiger partial charge in [-0.2, -0.15) is 5.10 Å². The first-order chi connectivity index (χ1) is 10.0. The van der Waals surface area contributed by atoms with E-state index in [9.17, 15) is 0 Å². The van der Waals surface area contributed by atoms with Crippen LogP contribution in [0.15, 0.2) is 22.2 Å². The molecule has 0 aliphatic heterocycles. The second-order valence-electron chi connectivity index (χ2n) is 5.42. The fourth-order valence-electron chi connectivity index (χ4n) is 2.67. The van der Waals surface area contributed by atoms with Crippen LogP contribution in [0.2, 0.25) is 0 Å². The van der Waals surface area contributed by atoms with Crippen LogP contribution < -0.4 is 5.73 Å². The van der Waals surface area contributed by atoms with Crippen molar-refractivity contribution in [1.82, 2.24) is 14.8 Å². The first-order valence-electron chi connectivity index (χ1n) is 7.10. The van der Waals surface area contributed by atoms with Crippen molar-refractivity contribution in [1.29, 1.82) is 5.41 Å². The largest absolute Gasteiger partial charge is 0.384 e. The van der Waals surface area contributed by atoms with Crippen molar-refractivity contribution in [2.75, 3.05) is 0 Å². The van der Waals surface area contributed by atoms with E-state index in [1.54, 1.807) is 0 Å². The van der Waals surface area contributed by atoms with Gasteiger partial charge >= 0.3 is 0 Å². The maximum atomic E-state index is 7.82.